The Morgan fingerprint density at radius 2 is 1.87 bits per heavy atom. The van der Waals surface area contributed by atoms with Crippen LogP contribution in [0.2, 0.25) is 0 Å². The predicted octanol–water partition coefficient (Wildman–Crippen LogP) is 4.26. The number of fused-ring (bicyclic) bond motifs is 2. The van der Waals surface area contributed by atoms with Crippen LogP contribution in [0.25, 0.3) is 16.8 Å². The maximum atomic E-state index is 10.2. The summed E-state index contributed by atoms with van der Waals surface area (Å²) >= 11 is 0. The standard InChI is InChI=1S/C24H21N3O3/c1-30-24-26-22(25-23(27-24)21-19(28)7-4-8-20(21)29)17-10-9-16-11-14-5-2-3-6-15(14)12-18(16)13-17/h2,4-5,7-13,22,28-29H,3,6H2,1H3,(H,25,26,27). The Hall–Kier alpha value is -3.80. The van der Waals surface area contributed by atoms with Crippen LogP contribution in [0.5, 0.6) is 11.5 Å². The van der Waals surface area contributed by atoms with Crippen molar-refractivity contribution >= 4 is 28.7 Å². The van der Waals surface area contributed by atoms with E-state index >= 15 is 0 Å². The van der Waals surface area contributed by atoms with Crippen molar-refractivity contribution in [3.05, 3.63) is 76.9 Å². The molecule has 150 valence electrons. The van der Waals surface area contributed by atoms with Gasteiger partial charge in [0, 0.05) is 0 Å². The molecule has 0 radical (unpaired) electrons. The van der Waals surface area contributed by atoms with Crippen LogP contribution in [-0.4, -0.2) is 29.2 Å². The molecule has 0 saturated heterocycles. The molecule has 1 aliphatic heterocycles. The maximum absolute atomic E-state index is 10.2. The van der Waals surface area contributed by atoms with E-state index in [0.717, 1.165) is 23.8 Å². The molecule has 0 fully saturated rings. The third-order valence-corrected chi connectivity index (χ3v) is 5.48. The molecule has 0 bridgehead atoms. The van der Waals surface area contributed by atoms with E-state index in [1.165, 1.54) is 35.8 Å². The van der Waals surface area contributed by atoms with E-state index in [2.05, 4.69) is 51.7 Å². The average Bonchev–Trinajstić information content (AvgIpc) is 2.77. The second kappa shape index (κ2) is 7.22. The lowest BCUT2D eigenvalue weighted by atomic mass is 9.93. The Kier molecular flexibility index (Phi) is 4.39. The van der Waals surface area contributed by atoms with Gasteiger partial charge in [-0.05, 0) is 64.6 Å². The van der Waals surface area contributed by atoms with Gasteiger partial charge in [-0.3, -0.25) is 0 Å². The van der Waals surface area contributed by atoms with Crippen LogP contribution in [0.1, 0.15) is 34.8 Å². The van der Waals surface area contributed by atoms with Gasteiger partial charge in [0.15, 0.2) is 6.17 Å². The van der Waals surface area contributed by atoms with Crippen molar-refractivity contribution in [2.75, 3.05) is 7.11 Å². The Bertz CT molecular complexity index is 1220. The summed E-state index contributed by atoms with van der Waals surface area (Å²) in [6.45, 7) is 0. The summed E-state index contributed by atoms with van der Waals surface area (Å²) < 4.78 is 5.29. The van der Waals surface area contributed by atoms with Crippen LogP contribution in [0, 0.1) is 0 Å². The number of aryl methyl sites for hydroxylation is 1. The van der Waals surface area contributed by atoms with Crippen molar-refractivity contribution in [1.29, 1.82) is 0 Å². The molecule has 0 amide bonds. The van der Waals surface area contributed by atoms with Gasteiger partial charge in [-0.2, -0.15) is 4.99 Å². The molecule has 1 atom stereocenters. The lowest BCUT2D eigenvalue weighted by molar-refractivity contribution is 0.386. The van der Waals surface area contributed by atoms with Crippen LogP contribution in [0.3, 0.4) is 0 Å². The SMILES string of the molecule is COC1=NC(c2ccc3cc4c(cc3c2)CCC=C4)NC(c2c(O)cccc2O)=N1. The summed E-state index contributed by atoms with van der Waals surface area (Å²) in [5, 5.41) is 26.0. The number of benzene rings is 3. The lowest BCUT2D eigenvalue weighted by Crippen LogP contribution is -2.33. The van der Waals surface area contributed by atoms with Crippen LogP contribution in [-0.2, 0) is 11.2 Å². The van der Waals surface area contributed by atoms with Crippen LogP contribution in [0.15, 0.2) is 64.6 Å². The number of nitrogens with zero attached hydrogens (tertiary/aromatic N) is 2. The molecule has 1 unspecified atom stereocenters. The highest BCUT2D eigenvalue weighted by Crippen LogP contribution is 2.31. The number of nitrogens with one attached hydrogen (secondary N) is 1. The molecule has 0 spiro atoms. The molecule has 6 nitrogen and oxygen atoms in total. The Morgan fingerprint density at radius 3 is 2.67 bits per heavy atom. The van der Waals surface area contributed by atoms with Crippen LogP contribution < -0.4 is 5.32 Å². The molecule has 1 heterocycles. The van der Waals surface area contributed by atoms with Gasteiger partial charge in [-0.25, -0.2) is 4.99 Å². The summed E-state index contributed by atoms with van der Waals surface area (Å²) in [5.41, 5.74) is 3.78. The molecule has 5 rings (SSSR count). The van der Waals surface area contributed by atoms with Crippen LogP contribution in [0.4, 0.5) is 0 Å². The fourth-order valence-corrected chi connectivity index (χ4v) is 3.96. The summed E-state index contributed by atoms with van der Waals surface area (Å²) in [7, 11) is 1.49. The highest BCUT2D eigenvalue weighted by atomic mass is 16.5. The number of rotatable bonds is 2. The van der Waals surface area contributed by atoms with Gasteiger partial charge in [-0.1, -0.05) is 36.4 Å². The Balaban J connectivity index is 1.55. The summed E-state index contributed by atoms with van der Waals surface area (Å²) in [6.07, 6.45) is 6.04. The molecule has 6 heteroatoms. The first-order valence-electron chi connectivity index (χ1n) is 9.84. The van der Waals surface area contributed by atoms with E-state index in [-0.39, 0.29) is 23.1 Å². The molecular formula is C24H21N3O3. The van der Waals surface area contributed by atoms with E-state index < -0.39 is 6.17 Å². The topological polar surface area (TPSA) is 86.4 Å². The molecule has 30 heavy (non-hydrogen) atoms. The van der Waals surface area contributed by atoms with Crippen molar-refractivity contribution in [1.82, 2.24) is 5.32 Å². The minimum atomic E-state index is -0.466. The number of allylic oxidation sites excluding steroid dienone is 1. The van der Waals surface area contributed by atoms with Gasteiger partial charge >= 0.3 is 6.02 Å². The molecule has 0 saturated carbocycles. The van der Waals surface area contributed by atoms with Crippen molar-refractivity contribution in [2.24, 2.45) is 9.98 Å². The smallest absolute Gasteiger partial charge is 0.315 e. The zero-order valence-corrected chi connectivity index (χ0v) is 16.5. The van der Waals surface area contributed by atoms with Crippen molar-refractivity contribution in [2.45, 2.75) is 19.0 Å². The van der Waals surface area contributed by atoms with Crippen molar-refractivity contribution in [3.8, 4) is 11.5 Å². The lowest BCUT2D eigenvalue weighted by Gasteiger charge is -2.23. The molecule has 1 aliphatic carbocycles. The minimum Gasteiger partial charge on any atom is -0.507 e. The minimum absolute atomic E-state index is 0.0736. The number of phenols is 2. The highest BCUT2D eigenvalue weighted by molar-refractivity contribution is 6.09. The summed E-state index contributed by atoms with van der Waals surface area (Å²) in [4.78, 5) is 8.81. The zero-order chi connectivity index (χ0) is 20.7. The van der Waals surface area contributed by atoms with Crippen molar-refractivity contribution < 1.29 is 14.9 Å². The third-order valence-electron chi connectivity index (χ3n) is 5.48. The van der Waals surface area contributed by atoms with E-state index in [1.807, 2.05) is 6.07 Å². The second-order valence-corrected chi connectivity index (χ2v) is 7.39. The van der Waals surface area contributed by atoms with E-state index in [0.29, 0.717) is 5.84 Å². The highest BCUT2D eigenvalue weighted by Gasteiger charge is 2.24. The number of methoxy groups -OCH3 is 1. The Labute approximate surface area is 173 Å². The second-order valence-electron chi connectivity index (χ2n) is 7.39. The van der Waals surface area contributed by atoms with E-state index in [9.17, 15) is 10.2 Å². The number of hydrogen-bond acceptors (Lipinski definition) is 6. The third kappa shape index (κ3) is 3.16. The number of phenolic OH excluding ortho intramolecular Hbond substituents is 2. The van der Waals surface area contributed by atoms with E-state index in [4.69, 9.17) is 4.74 Å². The number of aliphatic imine (C=N–C) groups is 2. The van der Waals surface area contributed by atoms with Crippen molar-refractivity contribution in [3.63, 3.8) is 0 Å². The zero-order valence-electron chi connectivity index (χ0n) is 16.5. The first-order chi connectivity index (χ1) is 14.6. The molecular weight excluding hydrogens is 378 g/mol. The van der Waals surface area contributed by atoms with E-state index in [1.54, 1.807) is 6.07 Å². The molecule has 3 N–H and O–H groups in total. The largest absolute Gasteiger partial charge is 0.507 e. The predicted molar refractivity (Wildman–Crippen MR) is 118 cm³/mol. The fourth-order valence-electron chi connectivity index (χ4n) is 3.96. The number of aromatic hydroxyl groups is 2. The summed E-state index contributed by atoms with van der Waals surface area (Å²) in [5.74, 6) is 0.157. The fraction of sp³-hybridized carbons (Fsp3) is 0.167. The first-order valence-corrected chi connectivity index (χ1v) is 9.84. The first kappa shape index (κ1) is 18.2. The molecule has 3 aromatic carbocycles. The van der Waals surface area contributed by atoms with Gasteiger partial charge in [0.1, 0.15) is 22.9 Å². The number of amidine groups is 2. The van der Waals surface area contributed by atoms with Gasteiger partial charge in [-0.15, -0.1) is 0 Å². The monoisotopic (exact) mass is 399 g/mol. The average molecular weight is 399 g/mol. The quantitative estimate of drug-likeness (QED) is 0.601. The number of hydrogen-bond donors (Lipinski definition) is 3. The number of ether oxygens (including phenoxy) is 1. The maximum Gasteiger partial charge on any atom is 0.315 e. The Morgan fingerprint density at radius 1 is 1.03 bits per heavy atom. The van der Waals surface area contributed by atoms with Gasteiger partial charge in [0.2, 0.25) is 0 Å². The van der Waals surface area contributed by atoms with Gasteiger partial charge in [0.25, 0.3) is 0 Å². The molecule has 2 aliphatic rings. The molecule has 0 aromatic heterocycles. The normalized spacial score (nSPS) is 17.7. The summed E-state index contributed by atoms with van der Waals surface area (Å²) in [6, 6.07) is 15.4. The van der Waals surface area contributed by atoms with Crippen LogP contribution >= 0.6 is 0 Å². The molecule has 3 aromatic rings. The van der Waals surface area contributed by atoms with Gasteiger partial charge in [0.05, 0.1) is 7.11 Å². The van der Waals surface area contributed by atoms with Gasteiger partial charge < -0.3 is 20.3 Å².